The van der Waals surface area contributed by atoms with Crippen molar-refractivity contribution in [3.05, 3.63) is 53.1 Å². The van der Waals surface area contributed by atoms with Gasteiger partial charge < -0.3 is 10.3 Å². The number of nitrogens with two attached hydrogens (primary N) is 1. The van der Waals surface area contributed by atoms with Gasteiger partial charge in [0.05, 0.1) is 0 Å². The van der Waals surface area contributed by atoms with Gasteiger partial charge in [-0.1, -0.05) is 23.7 Å². The van der Waals surface area contributed by atoms with Crippen molar-refractivity contribution in [3.63, 3.8) is 0 Å². The summed E-state index contributed by atoms with van der Waals surface area (Å²) in [4.78, 5) is 4.16. The number of aryl methyl sites for hydroxylation is 1. The molecule has 84 valence electrons. The highest BCUT2D eigenvalue weighted by Crippen LogP contribution is 2.16. The predicted octanol–water partition coefficient (Wildman–Crippen LogP) is 2.54. The molecule has 4 heteroatoms. The van der Waals surface area contributed by atoms with E-state index in [2.05, 4.69) is 4.98 Å². The van der Waals surface area contributed by atoms with Crippen LogP contribution < -0.4 is 5.73 Å². The van der Waals surface area contributed by atoms with Gasteiger partial charge in [0.1, 0.15) is 5.82 Å². The maximum absolute atomic E-state index is 6.11. The molecule has 0 bridgehead atoms. The lowest BCUT2D eigenvalue weighted by Gasteiger charge is -2.13. The molecule has 0 saturated heterocycles. The fourth-order valence-corrected chi connectivity index (χ4v) is 1.75. The molecule has 1 aromatic carbocycles. The van der Waals surface area contributed by atoms with E-state index >= 15 is 0 Å². The van der Waals surface area contributed by atoms with Crippen molar-refractivity contribution in [1.29, 1.82) is 0 Å². The fraction of sp³-hybridized carbons (Fsp3) is 0.250. The average molecular weight is 236 g/mol. The van der Waals surface area contributed by atoms with Gasteiger partial charge in [0.2, 0.25) is 0 Å². The van der Waals surface area contributed by atoms with Crippen molar-refractivity contribution in [3.8, 4) is 0 Å². The van der Waals surface area contributed by atoms with Gasteiger partial charge in [-0.3, -0.25) is 0 Å². The predicted molar refractivity (Wildman–Crippen MR) is 65.3 cm³/mol. The molecule has 2 N–H and O–H groups in total. The lowest BCUT2D eigenvalue weighted by Crippen LogP contribution is -2.17. The third-order valence-electron chi connectivity index (χ3n) is 2.62. The standard InChI is InChI=1S/C12H14ClN3/c1-9-15-6-7-16(9)8-12(14)10-2-4-11(13)5-3-10/h2-7,12H,8,14H2,1H3. The number of imidazole rings is 1. The van der Waals surface area contributed by atoms with Crippen LogP contribution in [0.15, 0.2) is 36.7 Å². The van der Waals surface area contributed by atoms with Gasteiger partial charge in [0.25, 0.3) is 0 Å². The second-order valence-electron chi connectivity index (χ2n) is 3.78. The highest BCUT2D eigenvalue weighted by atomic mass is 35.5. The van der Waals surface area contributed by atoms with Crippen molar-refractivity contribution >= 4 is 11.6 Å². The van der Waals surface area contributed by atoms with Gasteiger partial charge in [-0.05, 0) is 24.6 Å². The number of hydrogen-bond donors (Lipinski definition) is 1. The summed E-state index contributed by atoms with van der Waals surface area (Å²) in [6.07, 6.45) is 3.72. The Bertz CT molecular complexity index is 461. The van der Waals surface area contributed by atoms with Gasteiger partial charge in [-0.2, -0.15) is 0 Å². The topological polar surface area (TPSA) is 43.8 Å². The SMILES string of the molecule is Cc1nccn1CC(N)c1ccc(Cl)cc1. The number of nitrogens with zero attached hydrogens (tertiary/aromatic N) is 2. The van der Waals surface area contributed by atoms with Crippen LogP contribution in [0, 0.1) is 6.92 Å². The Morgan fingerprint density at radius 1 is 1.38 bits per heavy atom. The monoisotopic (exact) mass is 235 g/mol. The van der Waals surface area contributed by atoms with Crippen LogP contribution in [-0.2, 0) is 6.54 Å². The first-order valence-electron chi connectivity index (χ1n) is 5.15. The number of halogens is 1. The summed E-state index contributed by atoms with van der Waals surface area (Å²) in [5, 5.41) is 0.731. The lowest BCUT2D eigenvalue weighted by atomic mass is 10.1. The first-order valence-corrected chi connectivity index (χ1v) is 5.53. The smallest absolute Gasteiger partial charge is 0.105 e. The molecule has 3 nitrogen and oxygen atoms in total. The zero-order valence-electron chi connectivity index (χ0n) is 9.10. The molecule has 1 aromatic heterocycles. The van der Waals surface area contributed by atoms with E-state index in [4.69, 9.17) is 17.3 Å². The largest absolute Gasteiger partial charge is 0.333 e. The normalized spacial score (nSPS) is 12.7. The first-order chi connectivity index (χ1) is 7.66. The van der Waals surface area contributed by atoms with Gasteiger partial charge in [0.15, 0.2) is 0 Å². The Labute approximate surface area is 99.9 Å². The molecule has 16 heavy (non-hydrogen) atoms. The Balaban J connectivity index is 2.11. The van der Waals surface area contributed by atoms with E-state index < -0.39 is 0 Å². The molecule has 0 saturated carbocycles. The molecule has 0 aliphatic carbocycles. The Morgan fingerprint density at radius 2 is 2.06 bits per heavy atom. The quantitative estimate of drug-likeness (QED) is 0.889. The van der Waals surface area contributed by atoms with E-state index in [1.165, 1.54) is 0 Å². The summed E-state index contributed by atoms with van der Waals surface area (Å²) in [5.41, 5.74) is 7.19. The Hall–Kier alpha value is -1.32. The molecule has 0 radical (unpaired) electrons. The minimum Gasteiger partial charge on any atom is -0.333 e. The molecule has 0 spiro atoms. The summed E-state index contributed by atoms with van der Waals surface area (Å²) in [5.74, 6) is 0.976. The summed E-state index contributed by atoms with van der Waals surface area (Å²) in [6.45, 7) is 2.70. The van der Waals surface area contributed by atoms with Crippen LogP contribution in [0.25, 0.3) is 0 Å². The maximum Gasteiger partial charge on any atom is 0.105 e. The second kappa shape index (κ2) is 4.68. The van der Waals surface area contributed by atoms with Gasteiger partial charge >= 0.3 is 0 Å². The number of hydrogen-bond acceptors (Lipinski definition) is 2. The molecule has 1 atom stereocenters. The molecule has 2 rings (SSSR count). The lowest BCUT2D eigenvalue weighted by molar-refractivity contribution is 0.565. The average Bonchev–Trinajstić information content (AvgIpc) is 2.65. The zero-order chi connectivity index (χ0) is 11.5. The van der Waals surface area contributed by atoms with Crippen LogP contribution in [0.3, 0.4) is 0 Å². The summed E-state index contributed by atoms with van der Waals surface area (Å²) >= 11 is 5.83. The number of rotatable bonds is 3. The molecule has 2 aromatic rings. The van der Waals surface area contributed by atoms with Crippen LogP contribution in [0.5, 0.6) is 0 Å². The summed E-state index contributed by atoms with van der Waals surface area (Å²) in [7, 11) is 0. The van der Waals surface area contributed by atoms with Gasteiger partial charge in [-0.15, -0.1) is 0 Å². The Morgan fingerprint density at radius 3 is 2.62 bits per heavy atom. The zero-order valence-corrected chi connectivity index (χ0v) is 9.85. The Kier molecular flexibility index (Phi) is 3.27. The van der Waals surface area contributed by atoms with E-state index in [0.29, 0.717) is 0 Å². The van der Waals surface area contributed by atoms with Gasteiger partial charge in [0, 0.05) is 30.0 Å². The fourth-order valence-electron chi connectivity index (χ4n) is 1.62. The first kappa shape index (κ1) is 11.2. The molecule has 0 aliphatic heterocycles. The van der Waals surface area contributed by atoms with Crippen molar-refractivity contribution in [2.75, 3.05) is 0 Å². The van der Waals surface area contributed by atoms with Crippen LogP contribution in [-0.4, -0.2) is 9.55 Å². The summed E-state index contributed by atoms with van der Waals surface area (Å²) < 4.78 is 2.04. The molecule has 0 aliphatic rings. The molecular formula is C12H14ClN3. The third-order valence-corrected chi connectivity index (χ3v) is 2.87. The van der Waals surface area contributed by atoms with Crippen LogP contribution >= 0.6 is 11.6 Å². The van der Waals surface area contributed by atoms with Crippen molar-refractivity contribution < 1.29 is 0 Å². The molecule has 1 heterocycles. The van der Waals surface area contributed by atoms with Crippen molar-refractivity contribution in [2.24, 2.45) is 5.73 Å². The molecular weight excluding hydrogens is 222 g/mol. The minimum absolute atomic E-state index is 0.0369. The van der Waals surface area contributed by atoms with Crippen LogP contribution in [0.4, 0.5) is 0 Å². The molecule has 1 unspecified atom stereocenters. The van der Waals surface area contributed by atoms with Gasteiger partial charge in [-0.25, -0.2) is 4.98 Å². The third kappa shape index (κ3) is 2.43. The second-order valence-corrected chi connectivity index (χ2v) is 4.22. The highest BCUT2D eigenvalue weighted by Gasteiger charge is 2.07. The highest BCUT2D eigenvalue weighted by molar-refractivity contribution is 6.30. The number of aromatic nitrogens is 2. The van der Waals surface area contributed by atoms with E-state index in [9.17, 15) is 0 Å². The molecule has 0 amide bonds. The minimum atomic E-state index is -0.0369. The van der Waals surface area contributed by atoms with Crippen molar-refractivity contribution in [1.82, 2.24) is 9.55 Å². The van der Waals surface area contributed by atoms with E-state index in [1.807, 2.05) is 42.0 Å². The summed E-state index contributed by atoms with van der Waals surface area (Å²) in [6, 6.07) is 7.60. The number of benzene rings is 1. The molecule has 0 fully saturated rings. The van der Waals surface area contributed by atoms with Crippen LogP contribution in [0.1, 0.15) is 17.4 Å². The van der Waals surface area contributed by atoms with Crippen molar-refractivity contribution in [2.45, 2.75) is 19.5 Å². The maximum atomic E-state index is 6.11. The van der Waals surface area contributed by atoms with E-state index in [1.54, 1.807) is 6.20 Å². The van der Waals surface area contributed by atoms with Crippen LogP contribution in [0.2, 0.25) is 5.02 Å². The van der Waals surface area contributed by atoms with E-state index in [-0.39, 0.29) is 6.04 Å². The van der Waals surface area contributed by atoms with E-state index in [0.717, 1.165) is 23.0 Å².